The average molecular weight is 651 g/mol. The van der Waals surface area contributed by atoms with Crippen LogP contribution in [0.2, 0.25) is 0 Å². The maximum absolute atomic E-state index is 13.5. The van der Waals surface area contributed by atoms with Crippen LogP contribution < -0.4 is 10.6 Å². The molecule has 0 aromatic heterocycles. The van der Waals surface area contributed by atoms with Crippen molar-refractivity contribution in [2.24, 2.45) is 0 Å². The first kappa shape index (κ1) is 40.0. The lowest BCUT2D eigenvalue weighted by molar-refractivity contribution is -0.138. The van der Waals surface area contributed by atoms with Crippen LogP contribution in [0.1, 0.15) is 158 Å². The Kier molecular flexibility index (Phi) is 15.0. The fraction of sp³-hybridized carbons (Fsp3) is 0.889. The maximum atomic E-state index is 13.5. The SMILES string of the molecule is CC1(C)CC(N(CCCCCCN(C(=O)CCCCC(=O)O)C2CC(C)(C)NC(C)(C)C2)C(=O)CCCCC(=O)O)CC(C)(C)N1. The van der Waals surface area contributed by atoms with Crippen LogP contribution in [0.25, 0.3) is 0 Å². The number of rotatable bonds is 19. The molecule has 0 atom stereocenters. The van der Waals surface area contributed by atoms with Gasteiger partial charge in [0, 0.05) is 73.0 Å². The number of carboxylic acid groups (broad SMARTS) is 2. The van der Waals surface area contributed by atoms with E-state index in [0.717, 1.165) is 51.4 Å². The summed E-state index contributed by atoms with van der Waals surface area (Å²) < 4.78 is 0. The standard InChI is InChI=1S/C36H66N4O6/c1-33(2)23-27(24-34(3,4)37-33)39(29(41)17-11-13-19-31(43)44)21-15-9-10-16-22-40(30(42)18-12-14-20-32(45)46)28-25-35(5,6)38-36(7,8)26-28/h27-28,37-38H,9-26H2,1-8H3,(H,43,44)(H,45,46). The Balaban J connectivity index is 2.00. The Morgan fingerprint density at radius 1 is 0.500 bits per heavy atom. The van der Waals surface area contributed by atoms with Crippen molar-refractivity contribution in [1.82, 2.24) is 20.4 Å². The van der Waals surface area contributed by atoms with Crippen molar-refractivity contribution in [2.75, 3.05) is 13.1 Å². The van der Waals surface area contributed by atoms with Crippen LogP contribution in [-0.2, 0) is 19.2 Å². The number of hydrogen-bond donors (Lipinski definition) is 4. The zero-order valence-electron chi connectivity index (χ0n) is 30.3. The minimum absolute atomic E-state index is 0.0877. The highest BCUT2D eigenvalue weighted by Crippen LogP contribution is 2.34. The van der Waals surface area contributed by atoms with Crippen LogP contribution in [0.3, 0.4) is 0 Å². The summed E-state index contributed by atoms with van der Waals surface area (Å²) in [6.45, 7) is 18.9. The van der Waals surface area contributed by atoms with Gasteiger partial charge in [-0.3, -0.25) is 19.2 Å². The third kappa shape index (κ3) is 14.7. The second-order valence-electron chi connectivity index (χ2n) is 16.7. The van der Waals surface area contributed by atoms with Gasteiger partial charge in [-0.1, -0.05) is 12.8 Å². The van der Waals surface area contributed by atoms with E-state index in [-0.39, 0.29) is 58.9 Å². The van der Waals surface area contributed by atoms with Crippen LogP contribution >= 0.6 is 0 Å². The van der Waals surface area contributed by atoms with Crippen molar-refractivity contribution in [3.63, 3.8) is 0 Å². The summed E-state index contributed by atoms with van der Waals surface area (Å²) in [4.78, 5) is 53.1. The molecular formula is C36H66N4O6. The molecule has 0 aromatic carbocycles. The van der Waals surface area contributed by atoms with Gasteiger partial charge < -0.3 is 30.6 Å². The Hall–Kier alpha value is -2.20. The quantitative estimate of drug-likeness (QED) is 0.123. The molecule has 266 valence electrons. The molecule has 0 bridgehead atoms. The van der Waals surface area contributed by atoms with E-state index in [0.29, 0.717) is 51.6 Å². The first-order valence-electron chi connectivity index (χ1n) is 17.8. The van der Waals surface area contributed by atoms with E-state index < -0.39 is 11.9 Å². The van der Waals surface area contributed by atoms with Gasteiger partial charge in [0.15, 0.2) is 0 Å². The number of nitrogens with one attached hydrogen (secondary N) is 2. The zero-order valence-corrected chi connectivity index (χ0v) is 30.3. The molecule has 46 heavy (non-hydrogen) atoms. The average Bonchev–Trinajstić information content (AvgIpc) is 2.86. The number of carboxylic acids is 2. The third-order valence-corrected chi connectivity index (χ3v) is 9.47. The summed E-state index contributed by atoms with van der Waals surface area (Å²) in [5.74, 6) is -1.39. The first-order valence-corrected chi connectivity index (χ1v) is 17.8. The predicted molar refractivity (Wildman–Crippen MR) is 183 cm³/mol. The third-order valence-electron chi connectivity index (χ3n) is 9.47. The van der Waals surface area contributed by atoms with Gasteiger partial charge in [-0.15, -0.1) is 0 Å². The highest BCUT2D eigenvalue weighted by molar-refractivity contribution is 5.77. The number of hydrogen-bond acceptors (Lipinski definition) is 6. The molecule has 2 rings (SSSR count). The second kappa shape index (κ2) is 17.3. The fourth-order valence-corrected chi connectivity index (χ4v) is 8.31. The van der Waals surface area contributed by atoms with Gasteiger partial charge in [0.2, 0.25) is 11.8 Å². The van der Waals surface area contributed by atoms with Gasteiger partial charge in [-0.05, 0) is 120 Å². The molecule has 0 aromatic rings. The Labute approximate surface area is 278 Å². The summed E-state index contributed by atoms with van der Waals surface area (Å²) in [6, 6.07) is 0.276. The lowest BCUT2D eigenvalue weighted by Gasteiger charge is -2.50. The second-order valence-corrected chi connectivity index (χ2v) is 16.7. The Morgan fingerprint density at radius 3 is 1.07 bits per heavy atom. The van der Waals surface area contributed by atoms with Crippen molar-refractivity contribution in [3.05, 3.63) is 0 Å². The van der Waals surface area contributed by atoms with Gasteiger partial charge in [0.05, 0.1) is 0 Å². The molecule has 10 nitrogen and oxygen atoms in total. The Morgan fingerprint density at radius 2 is 0.783 bits per heavy atom. The molecule has 2 fully saturated rings. The van der Waals surface area contributed by atoms with E-state index in [2.05, 4.69) is 75.8 Å². The van der Waals surface area contributed by atoms with E-state index in [9.17, 15) is 19.2 Å². The molecule has 2 aliphatic rings. The van der Waals surface area contributed by atoms with E-state index in [1.165, 1.54) is 0 Å². The largest absolute Gasteiger partial charge is 0.481 e. The van der Waals surface area contributed by atoms with Crippen molar-refractivity contribution < 1.29 is 29.4 Å². The van der Waals surface area contributed by atoms with Gasteiger partial charge in [0.25, 0.3) is 0 Å². The van der Waals surface area contributed by atoms with Gasteiger partial charge in [0.1, 0.15) is 0 Å². The monoisotopic (exact) mass is 650 g/mol. The van der Waals surface area contributed by atoms with Gasteiger partial charge in [-0.2, -0.15) is 0 Å². The summed E-state index contributed by atoms with van der Waals surface area (Å²) in [5, 5.41) is 25.4. The molecule has 4 N–H and O–H groups in total. The molecule has 0 radical (unpaired) electrons. The molecule has 2 heterocycles. The van der Waals surface area contributed by atoms with E-state index in [1.54, 1.807) is 0 Å². The van der Waals surface area contributed by atoms with Crippen LogP contribution in [-0.4, -0.2) is 91.1 Å². The highest BCUT2D eigenvalue weighted by atomic mass is 16.4. The highest BCUT2D eigenvalue weighted by Gasteiger charge is 2.42. The van der Waals surface area contributed by atoms with Crippen LogP contribution in [0.4, 0.5) is 0 Å². The number of amides is 2. The maximum Gasteiger partial charge on any atom is 0.303 e. The zero-order chi connectivity index (χ0) is 34.8. The van der Waals surface area contributed by atoms with Crippen molar-refractivity contribution in [3.8, 4) is 0 Å². The molecule has 0 saturated carbocycles. The van der Waals surface area contributed by atoms with Crippen molar-refractivity contribution >= 4 is 23.8 Å². The van der Waals surface area contributed by atoms with Crippen molar-refractivity contribution in [2.45, 2.75) is 192 Å². The number of carbonyl (C=O) groups excluding carboxylic acids is 2. The summed E-state index contributed by atoms with van der Waals surface area (Å²) in [7, 11) is 0. The molecule has 0 aliphatic carbocycles. The lowest BCUT2D eigenvalue weighted by Crippen LogP contribution is -2.63. The molecule has 2 aliphatic heterocycles. The number of piperidine rings is 2. The number of aliphatic carboxylic acids is 2. The lowest BCUT2D eigenvalue weighted by atomic mass is 9.78. The van der Waals surface area contributed by atoms with E-state index >= 15 is 0 Å². The summed E-state index contributed by atoms with van der Waals surface area (Å²) >= 11 is 0. The molecule has 2 amide bonds. The minimum Gasteiger partial charge on any atom is -0.481 e. The normalized spacial score (nSPS) is 20.6. The van der Waals surface area contributed by atoms with E-state index in [4.69, 9.17) is 10.2 Å². The minimum atomic E-state index is -0.822. The molecule has 10 heteroatoms. The number of unbranched alkanes of at least 4 members (excludes halogenated alkanes) is 5. The smallest absolute Gasteiger partial charge is 0.303 e. The van der Waals surface area contributed by atoms with Gasteiger partial charge >= 0.3 is 11.9 Å². The predicted octanol–water partition coefficient (Wildman–Crippen LogP) is 6.11. The van der Waals surface area contributed by atoms with Gasteiger partial charge in [-0.25, -0.2) is 0 Å². The summed E-state index contributed by atoms with van der Waals surface area (Å²) in [6.07, 6.45) is 10.4. The number of carbonyl (C=O) groups is 4. The van der Waals surface area contributed by atoms with Crippen LogP contribution in [0, 0.1) is 0 Å². The molecule has 0 unspecified atom stereocenters. The van der Waals surface area contributed by atoms with Crippen LogP contribution in [0.5, 0.6) is 0 Å². The van der Waals surface area contributed by atoms with Crippen molar-refractivity contribution in [1.29, 1.82) is 0 Å². The molecule has 0 spiro atoms. The number of nitrogens with zero attached hydrogens (tertiary/aromatic N) is 2. The fourth-order valence-electron chi connectivity index (χ4n) is 8.31. The molecule has 2 saturated heterocycles. The van der Waals surface area contributed by atoms with Crippen LogP contribution in [0.15, 0.2) is 0 Å². The topological polar surface area (TPSA) is 139 Å². The first-order chi connectivity index (χ1) is 21.2. The molecular weight excluding hydrogens is 584 g/mol. The Bertz CT molecular complexity index is 912. The summed E-state index contributed by atoms with van der Waals surface area (Å²) in [5.41, 5.74) is -0.351. The van der Waals surface area contributed by atoms with E-state index in [1.807, 2.05) is 0 Å².